The number of carbonyl (C=O) groups is 1. The summed E-state index contributed by atoms with van der Waals surface area (Å²) < 4.78 is 32.8. The van der Waals surface area contributed by atoms with Crippen molar-refractivity contribution in [2.24, 2.45) is 0 Å². The van der Waals surface area contributed by atoms with Crippen LogP contribution in [0.5, 0.6) is 5.75 Å². The lowest BCUT2D eigenvalue weighted by molar-refractivity contribution is -0.138. The summed E-state index contributed by atoms with van der Waals surface area (Å²) in [7, 11) is -2.42. The number of para-hydroxylation sites is 1. The van der Waals surface area contributed by atoms with Crippen LogP contribution in [-0.4, -0.2) is 106 Å². The Kier molecular flexibility index (Phi) is 12.0. The van der Waals surface area contributed by atoms with Crippen molar-refractivity contribution in [1.29, 1.82) is 0 Å². The van der Waals surface area contributed by atoms with Crippen molar-refractivity contribution in [1.82, 2.24) is 15.2 Å². The van der Waals surface area contributed by atoms with Gasteiger partial charge in [0.15, 0.2) is 9.84 Å². The fourth-order valence-electron chi connectivity index (χ4n) is 5.75. The normalized spacial score (nSPS) is 17.9. The third kappa shape index (κ3) is 9.16. The van der Waals surface area contributed by atoms with Crippen LogP contribution in [0.2, 0.25) is 5.02 Å². The van der Waals surface area contributed by atoms with Gasteiger partial charge in [-0.1, -0.05) is 29.8 Å². The number of nitrogens with one attached hydrogen (secondary N) is 1. The van der Waals surface area contributed by atoms with Gasteiger partial charge in [-0.05, 0) is 79.1 Å². The molecule has 1 heterocycles. The Morgan fingerprint density at radius 3 is 2.47 bits per heavy atom. The number of carbonyl (C=O) groups excluding carboxylic acids is 1. The highest BCUT2D eigenvalue weighted by Gasteiger charge is 2.46. The minimum Gasteiger partial charge on any atom is -0.490 e. The first-order valence-corrected chi connectivity index (χ1v) is 18.4. The lowest BCUT2D eigenvalue weighted by Crippen LogP contribution is -2.49. The number of benzene rings is 2. The van der Waals surface area contributed by atoms with E-state index in [4.69, 9.17) is 21.4 Å². The number of aromatic nitrogens is 1. The molecule has 14 heteroatoms. The van der Waals surface area contributed by atoms with E-state index in [0.29, 0.717) is 17.1 Å². The molecule has 0 radical (unpaired) electrons. The molecular formula is C35H44ClN3O9S. The Morgan fingerprint density at radius 1 is 1.06 bits per heavy atom. The molecule has 6 N–H and O–H groups in total. The van der Waals surface area contributed by atoms with Gasteiger partial charge in [-0.3, -0.25) is 9.78 Å². The first-order valence-electron chi connectivity index (χ1n) is 16.4. The van der Waals surface area contributed by atoms with Crippen LogP contribution in [0, 0.1) is 0 Å². The topological polar surface area (TPSA) is 190 Å². The predicted octanol–water partition coefficient (Wildman–Crippen LogP) is 2.17. The highest BCUT2D eigenvalue weighted by Crippen LogP contribution is 2.50. The molecule has 49 heavy (non-hydrogen) atoms. The van der Waals surface area contributed by atoms with Crippen molar-refractivity contribution in [3.8, 4) is 16.9 Å². The Hall–Kier alpha value is -3.14. The third-order valence-electron chi connectivity index (χ3n) is 9.09. The molecule has 0 spiro atoms. The summed E-state index contributed by atoms with van der Waals surface area (Å²) in [6.07, 6.45) is 0.711. The predicted molar refractivity (Wildman–Crippen MR) is 183 cm³/mol. The zero-order chi connectivity index (χ0) is 35.3. The van der Waals surface area contributed by atoms with Crippen molar-refractivity contribution >= 4 is 27.3 Å². The number of hydrogen-bond acceptors (Lipinski definition) is 11. The monoisotopic (exact) mass is 717 g/mol. The van der Waals surface area contributed by atoms with Gasteiger partial charge in [0.05, 0.1) is 23.4 Å². The van der Waals surface area contributed by atoms with E-state index in [-0.39, 0.29) is 41.7 Å². The van der Waals surface area contributed by atoms with E-state index < -0.39 is 46.8 Å². The quantitative estimate of drug-likeness (QED) is 0.113. The minimum absolute atomic E-state index is 0.00501. The van der Waals surface area contributed by atoms with E-state index >= 15 is 0 Å². The fraction of sp³-hybridized carbons (Fsp3) is 0.486. The number of sulfone groups is 1. The molecule has 266 valence electrons. The molecule has 0 aliphatic heterocycles. The van der Waals surface area contributed by atoms with Crippen LogP contribution in [0.15, 0.2) is 65.8 Å². The molecule has 0 bridgehead atoms. The molecule has 12 nitrogen and oxygen atoms in total. The molecule has 2 aliphatic rings. The van der Waals surface area contributed by atoms with Gasteiger partial charge < -0.3 is 40.5 Å². The standard InChI is InChI=1S/C35H44ClN3O9S/c1-39(20-29(41)33(44)34(45)30(42)21-40)32(43)7-4-16-49(46,47)24-10-11-28(36)22(17-24)18-38-35(13-14-35)27-19-37-15-12-25(27)26-5-2-3-6-31(26)48-23-8-9-23/h2-3,5-6,10-12,15,17,19,23,29-30,33-34,38,40-42,44-45H,4,7-9,13-14,16,18,20-21H2,1H3. The third-order valence-corrected chi connectivity index (χ3v) is 11.3. The lowest BCUT2D eigenvalue weighted by atomic mass is 9.94. The Labute approximate surface area is 291 Å². The second-order valence-corrected chi connectivity index (χ2v) is 15.4. The minimum atomic E-state index is -3.78. The van der Waals surface area contributed by atoms with E-state index in [1.807, 2.05) is 30.5 Å². The van der Waals surface area contributed by atoms with Crippen LogP contribution in [0.1, 0.15) is 49.7 Å². The zero-order valence-electron chi connectivity index (χ0n) is 27.3. The Balaban J connectivity index is 1.20. The second-order valence-electron chi connectivity index (χ2n) is 12.9. The van der Waals surface area contributed by atoms with Gasteiger partial charge in [0, 0.05) is 55.1 Å². The number of pyridine rings is 1. The van der Waals surface area contributed by atoms with Crippen molar-refractivity contribution in [2.75, 3.05) is 26.0 Å². The summed E-state index contributed by atoms with van der Waals surface area (Å²) in [6, 6.07) is 14.5. The molecule has 1 aromatic heterocycles. The van der Waals surface area contributed by atoms with Crippen molar-refractivity contribution < 1.29 is 43.5 Å². The number of ether oxygens (including phenoxy) is 1. The first kappa shape index (κ1) is 37.1. The van der Waals surface area contributed by atoms with Crippen LogP contribution >= 0.6 is 11.6 Å². The van der Waals surface area contributed by atoms with E-state index in [2.05, 4.69) is 16.4 Å². The molecule has 0 saturated heterocycles. The van der Waals surface area contributed by atoms with Gasteiger partial charge in [0.2, 0.25) is 5.91 Å². The number of amides is 1. The Morgan fingerprint density at radius 2 is 1.78 bits per heavy atom. The zero-order valence-corrected chi connectivity index (χ0v) is 28.9. The van der Waals surface area contributed by atoms with Gasteiger partial charge in [0.1, 0.15) is 30.2 Å². The number of halogens is 1. The molecule has 2 saturated carbocycles. The SMILES string of the molecule is CN(CC(O)C(O)C(O)C(O)CO)C(=O)CCCS(=O)(=O)c1ccc(Cl)c(CNC2(c3cnccc3-c3ccccc3OC3CC3)CC2)c1. The summed E-state index contributed by atoms with van der Waals surface area (Å²) in [5.41, 5.74) is 3.33. The van der Waals surface area contributed by atoms with Crippen LogP contribution in [-0.2, 0) is 26.7 Å². The summed E-state index contributed by atoms with van der Waals surface area (Å²) in [5, 5.41) is 52.4. The molecule has 2 aromatic carbocycles. The summed E-state index contributed by atoms with van der Waals surface area (Å²) in [5.74, 6) is 0.0542. The molecule has 1 amide bonds. The number of nitrogens with zero attached hydrogens (tertiary/aromatic N) is 2. The largest absolute Gasteiger partial charge is 0.490 e. The number of aliphatic hydroxyl groups excluding tert-OH is 5. The maximum atomic E-state index is 13.3. The Bertz CT molecular complexity index is 1720. The van der Waals surface area contributed by atoms with Crippen molar-refractivity contribution in [3.05, 3.63) is 77.1 Å². The maximum absolute atomic E-state index is 13.3. The maximum Gasteiger partial charge on any atom is 0.222 e. The molecule has 4 unspecified atom stereocenters. The second kappa shape index (κ2) is 15.8. The van der Waals surface area contributed by atoms with Gasteiger partial charge in [-0.2, -0.15) is 0 Å². The number of rotatable bonds is 18. The number of likely N-dealkylation sites (N-methyl/N-ethyl adjacent to an activating group) is 1. The highest BCUT2D eigenvalue weighted by atomic mass is 35.5. The molecule has 3 aromatic rings. The number of aliphatic hydroxyl groups is 5. The molecule has 4 atom stereocenters. The van der Waals surface area contributed by atoms with E-state index in [9.17, 15) is 33.6 Å². The van der Waals surface area contributed by atoms with Gasteiger partial charge in [-0.25, -0.2) is 8.42 Å². The molecule has 2 fully saturated rings. The van der Waals surface area contributed by atoms with Crippen LogP contribution < -0.4 is 10.1 Å². The van der Waals surface area contributed by atoms with Crippen LogP contribution in [0.4, 0.5) is 0 Å². The molecule has 5 rings (SSSR count). The summed E-state index contributed by atoms with van der Waals surface area (Å²) >= 11 is 6.54. The smallest absolute Gasteiger partial charge is 0.222 e. The highest BCUT2D eigenvalue weighted by molar-refractivity contribution is 7.91. The average molecular weight is 718 g/mol. The van der Waals surface area contributed by atoms with Crippen LogP contribution in [0.25, 0.3) is 11.1 Å². The van der Waals surface area contributed by atoms with E-state index in [0.717, 1.165) is 53.0 Å². The van der Waals surface area contributed by atoms with Crippen LogP contribution in [0.3, 0.4) is 0 Å². The van der Waals surface area contributed by atoms with Gasteiger partial charge >= 0.3 is 0 Å². The number of hydrogen-bond donors (Lipinski definition) is 6. The van der Waals surface area contributed by atoms with Gasteiger partial charge in [0.25, 0.3) is 0 Å². The van der Waals surface area contributed by atoms with E-state index in [1.165, 1.54) is 13.1 Å². The van der Waals surface area contributed by atoms with Crippen molar-refractivity contribution in [2.45, 2.75) is 86.0 Å². The van der Waals surface area contributed by atoms with E-state index in [1.54, 1.807) is 18.3 Å². The summed E-state index contributed by atoms with van der Waals surface area (Å²) in [4.78, 5) is 18.2. The average Bonchev–Trinajstić information content (AvgIpc) is 4.04. The fourth-order valence-corrected chi connectivity index (χ4v) is 7.30. The van der Waals surface area contributed by atoms with Crippen molar-refractivity contribution in [3.63, 3.8) is 0 Å². The van der Waals surface area contributed by atoms with Gasteiger partial charge in [-0.15, -0.1) is 0 Å². The lowest BCUT2D eigenvalue weighted by Gasteiger charge is -2.28. The molecule has 2 aliphatic carbocycles. The summed E-state index contributed by atoms with van der Waals surface area (Å²) in [6.45, 7) is -0.880. The molecular weight excluding hydrogens is 674 g/mol. The first-order chi connectivity index (χ1) is 23.3.